The summed E-state index contributed by atoms with van der Waals surface area (Å²) in [6.07, 6.45) is 0.557. The number of amides is 1. The summed E-state index contributed by atoms with van der Waals surface area (Å²) in [5.74, 6) is 1.12. The lowest BCUT2D eigenvalue weighted by atomic mass is 9.92. The van der Waals surface area contributed by atoms with Gasteiger partial charge in [0.2, 0.25) is 5.91 Å². The standard InChI is InChI=1S/C18H18BrNO3/c1-10-4-5-15-13(6-10)14(18(21)20-15)8-11-7-12(19)9-16(22-2)17(11)23-3/h4-7,9,14H,8H2,1-3H3,(H,20,21). The second-order valence-corrected chi connectivity index (χ2v) is 6.55. The van der Waals surface area contributed by atoms with Crippen LogP contribution < -0.4 is 14.8 Å². The van der Waals surface area contributed by atoms with E-state index in [1.54, 1.807) is 14.2 Å². The summed E-state index contributed by atoms with van der Waals surface area (Å²) in [6, 6.07) is 9.86. The first kappa shape index (κ1) is 15.9. The third-order valence-corrected chi connectivity index (χ3v) is 4.56. The molecule has 0 spiro atoms. The summed E-state index contributed by atoms with van der Waals surface area (Å²) in [5.41, 5.74) is 4.01. The molecule has 1 aliphatic rings. The third kappa shape index (κ3) is 2.93. The van der Waals surface area contributed by atoms with Crippen molar-refractivity contribution in [2.45, 2.75) is 19.3 Å². The highest BCUT2D eigenvalue weighted by molar-refractivity contribution is 9.10. The lowest BCUT2D eigenvalue weighted by Gasteiger charge is -2.16. The number of ether oxygens (including phenoxy) is 2. The van der Waals surface area contributed by atoms with E-state index in [9.17, 15) is 4.79 Å². The number of nitrogens with one attached hydrogen (secondary N) is 1. The largest absolute Gasteiger partial charge is 0.493 e. The van der Waals surface area contributed by atoms with Gasteiger partial charge in [-0.2, -0.15) is 0 Å². The van der Waals surface area contributed by atoms with Gasteiger partial charge in [0, 0.05) is 15.7 Å². The molecule has 23 heavy (non-hydrogen) atoms. The molecular formula is C18H18BrNO3. The molecule has 0 aromatic heterocycles. The zero-order chi connectivity index (χ0) is 16.6. The summed E-state index contributed by atoms with van der Waals surface area (Å²) in [4.78, 5) is 12.4. The minimum atomic E-state index is -0.224. The molecule has 0 saturated heterocycles. The van der Waals surface area contributed by atoms with Crippen LogP contribution in [0.25, 0.3) is 0 Å². The SMILES string of the molecule is COc1cc(Br)cc(CC2C(=O)Nc3ccc(C)cc32)c1OC. The summed E-state index contributed by atoms with van der Waals surface area (Å²) in [5, 5.41) is 2.95. The minimum Gasteiger partial charge on any atom is -0.493 e. The van der Waals surface area contributed by atoms with E-state index < -0.39 is 0 Å². The van der Waals surface area contributed by atoms with E-state index in [1.165, 1.54) is 0 Å². The maximum Gasteiger partial charge on any atom is 0.232 e. The normalized spacial score (nSPS) is 16.0. The van der Waals surface area contributed by atoms with E-state index >= 15 is 0 Å². The molecule has 1 unspecified atom stereocenters. The summed E-state index contributed by atoms with van der Waals surface area (Å²) < 4.78 is 11.8. The lowest BCUT2D eigenvalue weighted by molar-refractivity contribution is -0.117. The van der Waals surface area contributed by atoms with Crippen LogP contribution in [0.4, 0.5) is 5.69 Å². The van der Waals surface area contributed by atoms with E-state index in [2.05, 4.69) is 27.3 Å². The smallest absolute Gasteiger partial charge is 0.232 e. The summed E-state index contributed by atoms with van der Waals surface area (Å²) >= 11 is 3.49. The van der Waals surface area contributed by atoms with Crippen molar-refractivity contribution >= 4 is 27.5 Å². The fraction of sp³-hybridized carbons (Fsp3) is 0.278. The molecule has 2 aromatic rings. The molecule has 1 amide bonds. The molecule has 1 N–H and O–H groups in total. The van der Waals surface area contributed by atoms with E-state index in [-0.39, 0.29) is 11.8 Å². The first-order chi connectivity index (χ1) is 11.0. The number of methoxy groups -OCH3 is 2. The Hall–Kier alpha value is -2.01. The molecule has 4 nitrogen and oxygen atoms in total. The van der Waals surface area contributed by atoms with Gasteiger partial charge in [-0.1, -0.05) is 33.6 Å². The van der Waals surface area contributed by atoms with Crippen LogP contribution in [0.1, 0.15) is 22.6 Å². The topological polar surface area (TPSA) is 47.6 Å². The molecule has 1 heterocycles. The Morgan fingerprint density at radius 3 is 2.65 bits per heavy atom. The van der Waals surface area contributed by atoms with Crippen molar-refractivity contribution in [3.8, 4) is 11.5 Å². The lowest BCUT2D eigenvalue weighted by Crippen LogP contribution is -2.15. The van der Waals surface area contributed by atoms with Crippen molar-refractivity contribution in [2.75, 3.05) is 19.5 Å². The number of rotatable bonds is 4. The van der Waals surface area contributed by atoms with Gasteiger partial charge in [0.1, 0.15) is 0 Å². The molecule has 1 aliphatic heterocycles. The van der Waals surface area contributed by atoms with Crippen LogP contribution in [0.15, 0.2) is 34.8 Å². The predicted octanol–water partition coefficient (Wildman–Crippen LogP) is 4.05. The third-order valence-electron chi connectivity index (χ3n) is 4.10. The first-order valence-electron chi connectivity index (χ1n) is 7.35. The highest BCUT2D eigenvalue weighted by atomic mass is 79.9. The quantitative estimate of drug-likeness (QED) is 0.876. The van der Waals surface area contributed by atoms with Gasteiger partial charge in [0.25, 0.3) is 0 Å². The first-order valence-corrected chi connectivity index (χ1v) is 8.14. The average Bonchev–Trinajstić information content (AvgIpc) is 2.82. The molecular weight excluding hydrogens is 358 g/mol. The zero-order valence-corrected chi connectivity index (χ0v) is 14.9. The molecule has 3 rings (SSSR count). The van der Waals surface area contributed by atoms with E-state index in [0.717, 1.165) is 26.9 Å². The zero-order valence-electron chi connectivity index (χ0n) is 13.3. The second-order valence-electron chi connectivity index (χ2n) is 5.64. The Kier molecular flexibility index (Phi) is 4.31. The number of hydrogen-bond acceptors (Lipinski definition) is 3. The number of benzene rings is 2. The number of carbonyl (C=O) groups excluding carboxylic acids is 1. The number of aryl methyl sites for hydroxylation is 1. The number of halogens is 1. The van der Waals surface area contributed by atoms with E-state index in [4.69, 9.17) is 9.47 Å². The highest BCUT2D eigenvalue weighted by Gasteiger charge is 2.31. The fourth-order valence-electron chi connectivity index (χ4n) is 3.03. The molecule has 120 valence electrons. The Bertz CT molecular complexity index is 773. The van der Waals surface area contributed by atoms with Crippen LogP contribution in [0.3, 0.4) is 0 Å². The Labute approximate surface area is 143 Å². The van der Waals surface area contributed by atoms with E-state index in [1.807, 2.05) is 31.2 Å². The summed E-state index contributed by atoms with van der Waals surface area (Å²) in [6.45, 7) is 2.03. The number of fused-ring (bicyclic) bond motifs is 1. The molecule has 0 aliphatic carbocycles. The van der Waals surface area contributed by atoms with Crippen molar-refractivity contribution in [1.82, 2.24) is 0 Å². The maximum atomic E-state index is 12.4. The monoisotopic (exact) mass is 375 g/mol. The highest BCUT2D eigenvalue weighted by Crippen LogP contribution is 2.40. The van der Waals surface area contributed by atoms with Gasteiger partial charge in [-0.05, 0) is 37.1 Å². The summed E-state index contributed by atoms with van der Waals surface area (Å²) in [7, 11) is 3.22. The Balaban J connectivity index is 2.02. The van der Waals surface area contributed by atoms with Gasteiger partial charge in [-0.3, -0.25) is 4.79 Å². The molecule has 2 aromatic carbocycles. The number of anilines is 1. The van der Waals surface area contributed by atoms with Gasteiger partial charge in [-0.15, -0.1) is 0 Å². The van der Waals surface area contributed by atoms with Gasteiger partial charge < -0.3 is 14.8 Å². The molecule has 0 bridgehead atoms. The Morgan fingerprint density at radius 2 is 1.96 bits per heavy atom. The van der Waals surface area contributed by atoms with Crippen LogP contribution in [0.2, 0.25) is 0 Å². The minimum absolute atomic E-state index is 0.0200. The van der Waals surface area contributed by atoms with Crippen LogP contribution in [-0.4, -0.2) is 20.1 Å². The average molecular weight is 376 g/mol. The molecule has 0 fully saturated rings. The number of hydrogen-bond donors (Lipinski definition) is 1. The molecule has 0 radical (unpaired) electrons. The van der Waals surface area contributed by atoms with Gasteiger partial charge >= 0.3 is 0 Å². The predicted molar refractivity (Wildman–Crippen MR) is 93.5 cm³/mol. The Morgan fingerprint density at radius 1 is 1.17 bits per heavy atom. The number of carbonyl (C=O) groups is 1. The van der Waals surface area contributed by atoms with Crippen LogP contribution in [0, 0.1) is 6.92 Å². The van der Waals surface area contributed by atoms with Gasteiger partial charge in [0.05, 0.1) is 20.1 Å². The maximum absolute atomic E-state index is 12.4. The van der Waals surface area contributed by atoms with E-state index in [0.29, 0.717) is 17.9 Å². The van der Waals surface area contributed by atoms with Gasteiger partial charge in [-0.25, -0.2) is 0 Å². The molecule has 0 saturated carbocycles. The second kappa shape index (κ2) is 6.24. The van der Waals surface area contributed by atoms with Gasteiger partial charge in [0.15, 0.2) is 11.5 Å². The van der Waals surface area contributed by atoms with Crippen LogP contribution in [-0.2, 0) is 11.2 Å². The van der Waals surface area contributed by atoms with Crippen LogP contribution >= 0.6 is 15.9 Å². The van der Waals surface area contributed by atoms with Crippen molar-refractivity contribution in [1.29, 1.82) is 0 Å². The van der Waals surface area contributed by atoms with Crippen molar-refractivity contribution in [2.24, 2.45) is 0 Å². The molecule has 5 heteroatoms. The van der Waals surface area contributed by atoms with Crippen molar-refractivity contribution < 1.29 is 14.3 Å². The molecule has 1 atom stereocenters. The van der Waals surface area contributed by atoms with Crippen molar-refractivity contribution in [3.05, 3.63) is 51.5 Å². The van der Waals surface area contributed by atoms with Crippen LogP contribution in [0.5, 0.6) is 11.5 Å². The fourth-order valence-corrected chi connectivity index (χ4v) is 3.51. The van der Waals surface area contributed by atoms with Crippen molar-refractivity contribution in [3.63, 3.8) is 0 Å².